The molecule has 3 aromatic rings. The first kappa shape index (κ1) is 17.4. The molecule has 0 radical (unpaired) electrons. The van der Waals surface area contributed by atoms with Crippen LogP contribution in [0.3, 0.4) is 0 Å². The Kier molecular flexibility index (Phi) is 4.63. The van der Waals surface area contributed by atoms with Crippen LogP contribution < -0.4 is 5.32 Å². The van der Waals surface area contributed by atoms with E-state index in [-0.39, 0.29) is 17.9 Å². The summed E-state index contributed by atoms with van der Waals surface area (Å²) in [5, 5.41) is 12.7. The highest BCUT2D eigenvalue weighted by Gasteiger charge is 2.38. The molecule has 6 heteroatoms. The van der Waals surface area contributed by atoms with Crippen molar-refractivity contribution in [2.75, 3.05) is 0 Å². The number of para-hydroxylation sites is 1. The fourth-order valence-electron chi connectivity index (χ4n) is 3.63. The fraction of sp³-hybridized carbons (Fsp3) is 0.300. The second-order valence-corrected chi connectivity index (χ2v) is 7.83. The number of carbonyl (C=O) groups is 1. The third-order valence-corrected chi connectivity index (χ3v) is 5.72. The van der Waals surface area contributed by atoms with E-state index in [1.165, 1.54) is 0 Å². The summed E-state index contributed by atoms with van der Waals surface area (Å²) < 4.78 is 0. The summed E-state index contributed by atoms with van der Waals surface area (Å²) in [5.74, 6) is 0.00388. The Morgan fingerprint density at radius 2 is 2.00 bits per heavy atom. The molecule has 4 rings (SSSR count). The van der Waals surface area contributed by atoms with Crippen LogP contribution in [-0.4, -0.2) is 21.6 Å². The highest BCUT2D eigenvalue weighted by Crippen LogP contribution is 2.37. The van der Waals surface area contributed by atoms with Gasteiger partial charge in [0.25, 0.3) is 0 Å². The van der Waals surface area contributed by atoms with Gasteiger partial charge in [-0.05, 0) is 49.4 Å². The Morgan fingerprint density at radius 3 is 2.73 bits per heavy atom. The van der Waals surface area contributed by atoms with Gasteiger partial charge >= 0.3 is 0 Å². The van der Waals surface area contributed by atoms with E-state index in [1.54, 1.807) is 6.07 Å². The Bertz CT molecular complexity index is 963. The van der Waals surface area contributed by atoms with E-state index < -0.39 is 0 Å². The largest absolute Gasteiger partial charge is 0.350 e. The van der Waals surface area contributed by atoms with Crippen LogP contribution in [-0.2, 0) is 17.6 Å². The van der Waals surface area contributed by atoms with Crippen molar-refractivity contribution in [2.45, 2.75) is 37.6 Å². The average Bonchev–Trinajstić information content (AvgIpc) is 2.98. The maximum atomic E-state index is 12.7. The minimum absolute atomic E-state index is 0.00388. The van der Waals surface area contributed by atoms with Crippen LogP contribution in [0.5, 0.6) is 0 Å². The number of H-pyrrole nitrogens is 1. The number of rotatable bonds is 5. The zero-order valence-electron chi connectivity index (χ0n) is 14.2. The number of nitrogens with zero attached hydrogens (tertiary/aromatic N) is 1. The van der Waals surface area contributed by atoms with Crippen molar-refractivity contribution in [2.24, 2.45) is 0 Å². The van der Waals surface area contributed by atoms with Crippen LogP contribution in [0.2, 0.25) is 10.0 Å². The molecule has 0 spiro atoms. The van der Waals surface area contributed by atoms with E-state index in [4.69, 9.17) is 23.2 Å². The number of halogens is 2. The van der Waals surface area contributed by atoms with Crippen molar-refractivity contribution in [3.63, 3.8) is 0 Å². The zero-order valence-corrected chi connectivity index (χ0v) is 15.7. The molecule has 1 heterocycles. The molecule has 1 aromatic heterocycles. The highest BCUT2D eigenvalue weighted by atomic mass is 35.5. The molecule has 134 valence electrons. The molecule has 4 nitrogen and oxygen atoms in total. The van der Waals surface area contributed by atoms with E-state index in [2.05, 4.69) is 15.5 Å². The number of fused-ring (bicyclic) bond motifs is 1. The minimum Gasteiger partial charge on any atom is -0.350 e. The molecule has 0 saturated heterocycles. The van der Waals surface area contributed by atoms with Crippen LogP contribution in [0.1, 0.15) is 30.5 Å². The molecule has 0 unspecified atom stereocenters. The van der Waals surface area contributed by atoms with Gasteiger partial charge in [0, 0.05) is 21.0 Å². The lowest BCUT2D eigenvalue weighted by molar-refractivity contribution is -0.123. The smallest absolute Gasteiger partial charge is 0.226 e. The van der Waals surface area contributed by atoms with E-state index in [9.17, 15) is 4.79 Å². The molecule has 0 aliphatic heterocycles. The zero-order chi connectivity index (χ0) is 18.1. The van der Waals surface area contributed by atoms with Crippen LogP contribution in [0.4, 0.5) is 0 Å². The van der Waals surface area contributed by atoms with Crippen molar-refractivity contribution in [3.8, 4) is 0 Å². The topological polar surface area (TPSA) is 57.8 Å². The van der Waals surface area contributed by atoms with Gasteiger partial charge in [0.05, 0.1) is 17.6 Å². The Balaban J connectivity index is 1.48. The maximum absolute atomic E-state index is 12.7. The lowest BCUT2D eigenvalue weighted by atomic mass is 9.72. The highest BCUT2D eigenvalue weighted by molar-refractivity contribution is 6.35. The summed E-state index contributed by atoms with van der Waals surface area (Å²) in [4.78, 5) is 12.7. The maximum Gasteiger partial charge on any atom is 0.226 e. The minimum atomic E-state index is -0.218. The number of aromatic amines is 1. The molecule has 2 N–H and O–H groups in total. The first-order chi connectivity index (χ1) is 12.5. The Labute approximate surface area is 161 Å². The quantitative estimate of drug-likeness (QED) is 0.666. The predicted octanol–water partition coefficient (Wildman–Crippen LogP) is 4.69. The molecule has 1 amide bonds. The SMILES string of the molecule is O=C(Cc1[nH]nc2ccccc12)NC1(Cc2ccc(Cl)cc2Cl)CCC1. The van der Waals surface area contributed by atoms with Gasteiger partial charge in [0.15, 0.2) is 0 Å². The Hall–Kier alpha value is -2.04. The summed E-state index contributed by atoms with van der Waals surface area (Å²) >= 11 is 12.3. The van der Waals surface area contributed by atoms with Crippen molar-refractivity contribution in [1.82, 2.24) is 15.5 Å². The van der Waals surface area contributed by atoms with Gasteiger partial charge < -0.3 is 5.32 Å². The first-order valence-electron chi connectivity index (χ1n) is 8.72. The third kappa shape index (κ3) is 3.44. The summed E-state index contributed by atoms with van der Waals surface area (Å²) in [6.07, 6.45) is 4.04. The predicted molar refractivity (Wildman–Crippen MR) is 105 cm³/mol. The second-order valence-electron chi connectivity index (χ2n) is 6.99. The van der Waals surface area contributed by atoms with Crippen LogP contribution in [0, 0.1) is 0 Å². The molecule has 0 atom stereocenters. The first-order valence-corrected chi connectivity index (χ1v) is 9.47. The number of hydrogen-bond acceptors (Lipinski definition) is 2. The van der Waals surface area contributed by atoms with E-state index in [0.717, 1.165) is 47.8 Å². The molecule has 1 fully saturated rings. The molecule has 26 heavy (non-hydrogen) atoms. The van der Waals surface area contributed by atoms with Crippen molar-refractivity contribution in [3.05, 3.63) is 63.8 Å². The third-order valence-electron chi connectivity index (χ3n) is 5.14. The van der Waals surface area contributed by atoms with Gasteiger partial charge in [0.1, 0.15) is 0 Å². The lowest BCUT2D eigenvalue weighted by Crippen LogP contribution is -2.55. The summed E-state index contributed by atoms with van der Waals surface area (Å²) in [6.45, 7) is 0. The average molecular weight is 388 g/mol. The van der Waals surface area contributed by atoms with Crippen LogP contribution >= 0.6 is 23.2 Å². The van der Waals surface area contributed by atoms with Gasteiger partial charge in [-0.2, -0.15) is 5.10 Å². The van der Waals surface area contributed by atoms with Crippen molar-refractivity contribution in [1.29, 1.82) is 0 Å². The molecule has 1 aliphatic rings. The number of amides is 1. The standard InChI is InChI=1S/C20H19Cl2N3O/c21-14-7-6-13(16(22)10-14)12-20(8-3-9-20)23-19(26)11-18-15-4-1-2-5-17(15)24-25-18/h1-2,4-7,10H,3,8-9,11-12H2,(H,23,26)(H,24,25). The Morgan fingerprint density at radius 1 is 1.19 bits per heavy atom. The molecule has 1 saturated carbocycles. The molecular formula is C20H19Cl2N3O. The summed E-state index contributed by atoms with van der Waals surface area (Å²) in [7, 11) is 0. The number of hydrogen-bond donors (Lipinski definition) is 2. The normalized spacial score (nSPS) is 15.6. The summed E-state index contributed by atoms with van der Waals surface area (Å²) in [5.41, 5.74) is 2.52. The van der Waals surface area contributed by atoms with Gasteiger partial charge in [-0.1, -0.05) is 47.5 Å². The number of benzene rings is 2. The fourth-order valence-corrected chi connectivity index (χ4v) is 4.10. The van der Waals surface area contributed by atoms with E-state index in [1.807, 2.05) is 36.4 Å². The van der Waals surface area contributed by atoms with Crippen LogP contribution in [0.25, 0.3) is 10.9 Å². The lowest BCUT2D eigenvalue weighted by Gasteiger charge is -2.43. The van der Waals surface area contributed by atoms with Crippen molar-refractivity contribution < 1.29 is 4.79 Å². The van der Waals surface area contributed by atoms with Gasteiger partial charge in [-0.15, -0.1) is 0 Å². The second kappa shape index (κ2) is 6.93. The van der Waals surface area contributed by atoms with Gasteiger partial charge in [-0.25, -0.2) is 0 Å². The van der Waals surface area contributed by atoms with Gasteiger partial charge in [0.2, 0.25) is 5.91 Å². The molecule has 1 aliphatic carbocycles. The van der Waals surface area contributed by atoms with Crippen molar-refractivity contribution >= 4 is 40.0 Å². The molecule has 2 aromatic carbocycles. The van der Waals surface area contributed by atoms with Crippen LogP contribution in [0.15, 0.2) is 42.5 Å². The summed E-state index contributed by atoms with van der Waals surface area (Å²) in [6, 6.07) is 13.3. The molecular weight excluding hydrogens is 369 g/mol. The number of carbonyl (C=O) groups excluding carboxylic acids is 1. The molecule has 0 bridgehead atoms. The monoisotopic (exact) mass is 387 g/mol. The number of nitrogens with one attached hydrogen (secondary N) is 2. The van der Waals surface area contributed by atoms with Gasteiger partial charge in [-0.3, -0.25) is 9.89 Å². The van der Waals surface area contributed by atoms with E-state index >= 15 is 0 Å². The van der Waals surface area contributed by atoms with E-state index in [0.29, 0.717) is 10.0 Å². The number of aromatic nitrogens is 2.